The van der Waals surface area contributed by atoms with Gasteiger partial charge in [0.1, 0.15) is 17.3 Å². The third-order valence-electron chi connectivity index (χ3n) is 5.47. The van der Waals surface area contributed by atoms with Crippen LogP contribution in [-0.2, 0) is 6.42 Å². The molecule has 1 N–H and O–H groups in total. The molecule has 4 rings (SSSR count). The van der Waals surface area contributed by atoms with Gasteiger partial charge in [-0.2, -0.15) is 0 Å². The van der Waals surface area contributed by atoms with Gasteiger partial charge in [-0.05, 0) is 44.4 Å². The topological polar surface area (TPSA) is 61.4 Å². The average Bonchev–Trinajstić information content (AvgIpc) is 2.64. The van der Waals surface area contributed by atoms with E-state index in [0.29, 0.717) is 18.1 Å². The number of benzene rings is 1. The van der Waals surface area contributed by atoms with Crippen molar-refractivity contribution in [1.82, 2.24) is 15.3 Å². The van der Waals surface area contributed by atoms with Gasteiger partial charge in [-0.15, -0.1) is 0 Å². The normalized spacial score (nSPS) is 17.1. The lowest BCUT2D eigenvalue weighted by atomic mass is 10.0. The second-order valence-electron chi connectivity index (χ2n) is 7.12. The van der Waals surface area contributed by atoms with Gasteiger partial charge in [0, 0.05) is 44.0 Å². The second-order valence-corrected chi connectivity index (χ2v) is 7.12. The lowest BCUT2D eigenvalue weighted by molar-refractivity contribution is 0.0940. The van der Waals surface area contributed by atoms with Gasteiger partial charge in [-0.25, -0.2) is 9.97 Å². The van der Waals surface area contributed by atoms with Crippen molar-refractivity contribution in [2.24, 2.45) is 0 Å². The van der Waals surface area contributed by atoms with E-state index in [-0.39, 0.29) is 5.91 Å². The summed E-state index contributed by atoms with van der Waals surface area (Å²) >= 11 is 0. The van der Waals surface area contributed by atoms with Crippen LogP contribution in [0.15, 0.2) is 18.2 Å². The summed E-state index contributed by atoms with van der Waals surface area (Å²) in [5, 5.41) is 2.88. The molecule has 1 aromatic carbocycles. The van der Waals surface area contributed by atoms with Crippen LogP contribution < -0.4 is 15.1 Å². The molecule has 3 heterocycles. The molecule has 0 spiro atoms. The van der Waals surface area contributed by atoms with Crippen LogP contribution in [-0.4, -0.2) is 48.6 Å². The minimum absolute atomic E-state index is 0.0768. The van der Waals surface area contributed by atoms with Crippen LogP contribution >= 0.6 is 0 Å². The molecule has 1 amide bonds. The number of carbonyl (C=O) groups is 1. The number of fused-ring (bicyclic) bond motifs is 1. The number of nitrogens with one attached hydrogen (secondary N) is 1. The van der Waals surface area contributed by atoms with Crippen LogP contribution in [0.4, 0.5) is 11.5 Å². The zero-order chi connectivity index (χ0) is 18.3. The number of hydrogen-bond acceptors (Lipinski definition) is 5. The van der Waals surface area contributed by atoms with E-state index in [1.807, 2.05) is 6.92 Å². The fraction of sp³-hybridized carbons (Fsp3) is 0.450. The number of rotatable bonds is 2. The number of nitrogens with zero attached hydrogens (tertiary/aromatic N) is 4. The summed E-state index contributed by atoms with van der Waals surface area (Å²) in [4.78, 5) is 26.0. The van der Waals surface area contributed by atoms with Crippen molar-refractivity contribution in [2.45, 2.75) is 27.2 Å². The van der Waals surface area contributed by atoms with Gasteiger partial charge in [-0.1, -0.05) is 12.1 Å². The first kappa shape index (κ1) is 16.8. The number of anilines is 2. The van der Waals surface area contributed by atoms with E-state index in [0.717, 1.165) is 44.0 Å². The zero-order valence-corrected chi connectivity index (χ0v) is 15.7. The van der Waals surface area contributed by atoms with Gasteiger partial charge < -0.3 is 15.1 Å². The Morgan fingerprint density at radius 3 is 2.50 bits per heavy atom. The van der Waals surface area contributed by atoms with E-state index in [1.165, 1.54) is 16.8 Å². The number of carbonyl (C=O) groups excluding carboxylic acids is 1. The second kappa shape index (κ2) is 6.59. The molecule has 2 aliphatic rings. The van der Waals surface area contributed by atoms with Crippen molar-refractivity contribution >= 4 is 17.4 Å². The van der Waals surface area contributed by atoms with E-state index >= 15 is 0 Å². The van der Waals surface area contributed by atoms with Crippen molar-refractivity contribution in [3.8, 4) is 0 Å². The first-order chi connectivity index (χ1) is 12.5. The third kappa shape index (κ3) is 2.89. The summed E-state index contributed by atoms with van der Waals surface area (Å²) < 4.78 is 0. The minimum atomic E-state index is -0.0768. The van der Waals surface area contributed by atoms with Crippen LogP contribution in [0.3, 0.4) is 0 Å². The average molecular weight is 351 g/mol. The highest BCUT2D eigenvalue weighted by Crippen LogP contribution is 2.28. The Morgan fingerprint density at radius 1 is 1.00 bits per heavy atom. The maximum Gasteiger partial charge on any atom is 0.270 e. The molecule has 0 unspecified atom stereocenters. The summed E-state index contributed by atoms with van der Waals surface area (Å²) in [6.45, 7) is 10.6. The Labute approximate surface area is 154 Å². The Morgan fingerprint density at radius 2 is 1.73 bits per heavy atom. The first-order valence-corrected chi connectivity index (χ1v) is 9.26. The molecule has 26 heavy (non-hydrogen) atoms. The summed E-state index contributed by atoms with van der Waals surface area (Å²) in [6.07, 6.45) is 0.799. The first-order valence-electron chi connectivity index (χ1n) is 9.26. The zero-order valence-electron chi connectivity index (χ0n) is 15.7. The number of aromatic nitrogens is 2. The van der Waals surface area contributed by atoms with Crippen molar-refractivity contribution in [3.63, 3.8) is 0 Å². The van der Waals surface area contributed by atoms with Crippen molar-refractivity contribution in [2.75, 3.05) is 42.5 Å². The van der Waals surface area contributed by atoms with Crippen molar-refractivity contribution in [3.05, 3.63) is 46.4 Å². The Balaban J connectivity index is 1.57. The van der Waals surface area contributed by atoms with Gasteiger partial charge in [0.05, 0.1) is 0 Å². The summed E-state index contributed by atoms with van der Waals surface area (Å²) in [6, 6.07) is 6.50. The van der Waals surface area contributed by atoms with E-state index in [9.17, 15) is 4.79 Å². The Bertz CT molecular complexity index is 856. The highest BCUT2D eigenvalue weighted by Gasteiger charge is 2.27. The Kier molecular flexibility index (Phi) is 4.26. The van der Waals surface area contributed by atoms with Crippen LogP contribution in [0, 0.1) is 20.8 Å². The van der Waals surface area contributed by atoms with E-state index in [2.05, 4.69) is 52.1 Å². The molecule has 0 aliphatic carbocycles. The third-order valence-corrected chi connectivity index (χ3v) is 5.47. The molecular formula is C20H25N5O. The van der Waals surface area contributed by atoms with Gasteiger partial charge in [-0.3, -0.25) is 4.79 Å². The number of hydrogen-bond donors (Lipinski definition) is 1. The monoisotopic (exact) mass is 351 g/mol. The molecule has 0 atom stereocenters. The van der Waals surface area contributed by atoms with E-state index in [4.69, 9.17) is 4.98 Å². The van der Waals surface area contributed by atoms with Crippen LogP contribution in [0.5, 0.6) is 0 Å². The molecule has 1 saturated heterocycles. The molecular weight excluding hydrogens is 326 g/mol. The predicted octanol–water partition coefficient (Wildman–Crippen LogP) is 2.01. The number of amides is 1. The van der Waals surface area contributed by atoms with E-state index < -0.39 is 0 Å². The molecule has 6 heteroatoms. The van der Waals surface area contributed by atoms with Crippen LogP contribution in [0.1, 0.15) is 33.0 Å². The van der Waals surface area contributed by atoms with Crippen LogP contribution in [0.25, 0.3) is 0 Å². The van der Waals surface area contributed by atoms with Gasteiger partial charge in [0.2, 0.25) is 0 Å². The summed E-state index contributed by atoms with van der Waals surface area (Å²) in [5.74, 6) is 1.53. The lowest BCUT2D eigenvalue weighted by Crippen LogP contribution is -2.48. The van der Waals surface area contributed by atoms with Gasteiger partial charge in [0.15, 0.2) is 0 Å². The van der Waals surface area contributed by atoms with Crippen LogP contribution in [0.2, 0.25) is 0 Å². The molecule has 2 aliphatic heterocycles. The summed E-state index contributed by atoms with van der Waals surface area (Å²) in [7, 11) is 0. The molecule has 0 bridgehead atoms. The molecule has 6 nitrogen and oxygen atoms in total. The van der Waals surface area contributed by atoms with Gasteiger partial charge >= 0.3 is 0 Å². The molecule has 1 fully saturated rings. The van der Waals surface area contributed by atoms with Crippen molar-refractivity contribution in [1.29, 1.82) is 0 Å². The molecule has 136 valence electrons. The SMILES string of the molecule is Cc1nc2c(c(N3CCN(c4cccc(C)c4C)CC3)n1)CCNC2=O. The van der Waals surface area contributed by atoms with Gasteiger partial charge in [0.25, 0.3) is 5.91 Å². The van der Waals surface area contributed by atoms with Crippen molar-refractivity contribution < 1.29 is 4.79 Å². The maximum absolute atomic E-state index is 12.2. The number of piperazine rings is 1. The smallest absolute Gasteiger partial charge is 0.270 e. The molecule has 1 aromatic heterocycles. The molecule has 0 saturated carbocycles. The fourth-order valence-corrected chi connectivity index (χ4v) is 3.88. The highest BCUT2D eigenvalue weighted by atomic mass is 16.1. The largest absolute Gasteiger partial charge is 0.368 e. The fourth-order valence-electron chi connectivity index (χ4n) is 3.88. The number of aryl methyl sites for hydroxylation is 2. The molecule has 2 aromatic rings. The maximum atomic E-state index is 12.2. The lowest BCUT2D eigenvalue weighted by Gasteiger charge is -2.38. The predicted molar refractivity (Wildman–Crippen MR) is 103 cm³/mol. The summed E-state index contributed by atoms with van der Waals surface area (Å²) in [5.41, 5.74) is 5.56. The Hall–Kier alpha value is -2.63. The van der Waals surface area contributed by atoms with E-state index in [1.54, 1.807) is 0 Å². The standard InChI is InChI=1S/C20H25N5O/c1-13-5-4-6-17(14(13)2)24-9-11-25(12-10-24)19-16-7-8-21-20(26)18(16)22-15(3)23-19/h4-6H,7-12H2,1-3H3,(H,21,26). The minimum Gasteiger partial charge on any atom is -0.368 e. The highest BCUT2D eigenvalue weighted by molar-refractivity contribution is 5.96. The quantitative estimate of drug-likeness (QED) is 0.897. The molecule has 0 radical (unpaired) electrons.